The van der Waals surface area contributed by atoms with E-state index in [0.29, 0.717) is 21.3 Å². The van der Waals surface area contributed by atoms with Crippen LogP contribution in [0.25, 0.3) is 10.6 Å². The van der Waals surface area contributed by atoms with Gasteiger partial charge in [-0.15, -0.1) is 16.4 Å². The van der Waals surface area contributed by atoms with E-state index in [1.54, 1.807) is 6.07 Å². The summed E-state index contributed by atoms with van der Waals surface area (Å²) in [4.78, 5) is 13.8. The van der Waals surface area contributed by atoms with Crippen LogP contribution < -0.4 is 5.32 Å². The molecule has 106 valence electrons. The zero-order chi connectivity index (χ0) is 14.8. The van der Waals surface area contributed by atoms with Crippen molar-refractivity contribution in [2.75, 3.05) is 5.32 Å². The minimum atomic E-state index is -0.228. The van der Waals surface area contributed by atoms with E-state index in [2.05, 4.69) is 14.9 Å². The Morgan fingerprint density at radius 3 is 2.90 bits per heavy atom. The third-order valence-corrected chi connectivity index (χ3v) is 4.89. The molecule has 7 heteroatoms. The molecular weight excluding hydrogens is 326 g/mol. The van der Waals surface area contributed by atoms with E-state index in [-0.39, 0.29) is 5.91 Å². The molecule has 1 N–H and O–H groups in total. The van der Waals surface area contributed by atoms with E-state index in [4.69, 9.17) is 11.6 Å². The lowest BCUT2D eigenvalue weighted by Crippen LogP contribution is -2.11. The molecule has 0 spiro atoms. The number of hydrogen-bond acceptors (Lipinski definition) is 5. The fourth-order valence-electron chi connectivity index (χ4n) is 1.77. The Bertz CT molecular complexity index is 783. The van der Waals surface area contributed by atoms with Gasteiger partial charge in [0.2, 0.25) is 0 Å². The van der Waals surface area contributed by atoms with E-state index >= 15 is 0 Å². The summed E-state index contributed by atoms with van der Waals surface area (Å²) >= 11 is 8.67. The molecular formula is C14H10ClN3OS2. The van der Waals surface area contributed by atoms with Gasteiger partial charge in [0, 0.05) is 10.7 Å². The normalized spacial score (nSPS) is 10.6. The molecule has 3 rings (SSSR count). The maximum absolute atomic E-state index is 12.4. The van der Waals surface area contributed by atoms with Crippen LogP contribution in [0.4, 0.5) is 5.69 Å². The highest BCUT2D eigenvalue weighted by Gasteiger charge is 2.18. The van der Waals surface area contributed by atoms with Crippen molar-refractivity contribution >= 4 is 46.1 Å². The molecule has 0 unspecified atom stereocenters. The van der Waals surface area contributed by atoms with Crippen molar-refractivity contribution in [3.8, 4) is 10.6 Å². The second kappa shape index (κ2) is 5.93. The van der Waals surface area contributed by atoms with E-state index in [1.165, 1.54) is 11.3 Å². The highest BCUT2D eigenvalue weighted by molar-refractivity contribution is 7.14. The molecule has 4 nitrogen and oxygen atoms in total. The standard InChI is InChI=1S/C14H10ClN3OS2/c1-8-4-5-9(7-10(8)15)16-14(19)13-12(17-18-21-13)11-3-2-6-20-11/h2-7H,1H3,(H,16,19). The van der Waals surface area contributed by atoms with Crippen molar-refractivity contribution in [1.82, 2.24) is 9.59 Å². The molecule has 1 amide bonds. The van der Waals surface area contributed by atoms with Crippen molar-refractivity contribution in [3.63, 3.8) is 0 Å². The van der Waals surface area contributed by atoms with Crippen LogP contribution in [0.2, 0.25) is 5.02 Å². The van der Waals surface area contributed by atoms with Crippen LogP contribution in [0.5, 0.6) is 0 Å². The molecule has 0 aliphatic heterocycles. The summed E-state index contributed by atoms with van der Waals surface area (Å²) in [7, 11) is 0. The predicted octanol–water partition coefficient (Wildman–Crippen LogP) is 4.48. The first-order valence-corrected chi connectivity index (χ1v) is 8.12. The Kier molecular flexibility index (Phi) is 4.01. The van der Waals surface area contributed by atoms with Crippen LogP contribution in [0.1, 0.15) is 15.2 Å². The van der Waals surface area contributed by atoms with Crippen molar-refractivity contribution in [2.45, 2.75) is 6.92 Å². The fraction of sp³-hybridized carbons (Fsp3) is 0.0714. The summed E-state index contributed by atoms with van der Waals surface area (Å²) < 4.78 is 3.88. The van der Waals surface area contributed by atoms with Gasteiger partial charge in [-0.2, -0.15) is 0 Å². The molecule has 3 aromatic rings. The molecule has 1 aromatic carbocycles. The number of aromatic nitrogens is 2. The molecule has 21 heavy (non-hydrogen) atoms. The lowest BCUT2D eigenvalue weighted by molar-refractivity contribution is 0.103. The number of hydrogen-bond donors (Lipinski definition) is 1. The van der Waals surface area contributed by atoms with Crippen LogP contribution in [0.3, 0.4) is 0 Å². The largest absolute Gasteiger partial charge is 0.321 e. The van der Waals surface area contributed by atoms with Crippen LogP contribution in [0, 0.1) is 6.92 Å². The average Bonchev–Trinajstić information content (AvgIpc) is 3.12. The summed E-state index contributed by atoms with van der Waals surface area (Å²) in [5.74, 6) is -0.228. The highest BCUT2D eigenvalue weighted by atomic mass is 35.5. The Morgan fingerprint density at radius 1 is 1.33 bits per heavy atom. The highest BCUT2D eigenvalue weighted by Crippen LogP contribution is 2.29. The second-order valence-electron chi connectivity index (χ2n) is 4.35. The Labute approximate surface area is 134 Å². The van der Waals surface area contributed by atoms with Crippen molar-refractivity contribution in [2.24, 2.45) is 0 Å². The lowest BCUT2D eigenvalue weighted by atomic mass is 10.2. The monoisotopic (exact) mass is 335 g/mol. The topological polar surface area (TPSA) is 54.9 Å². The molecule has 0 saturated carbocycles. The zero-order valence-corrected chi connectivity index (χ0v) is 13.4. The van der Waals surface area contributed by atoms with Crippen molar-refractivity contribution in [1.29, 1.82) is 0 Å². The van der Waals surface area contributed by atoms with Gasteiger partial charge in [0.1, 0.15) is 10.6 Å². The lowest BCUT2D eigenvalue weighted by Gasteiger charge is -2.06. The average molecular weight is 336 g/mol. The quantitative estimate of drug-likeness (QED) is 0.767. The number of thiophene rings is 1. The number of carbonyl (C=O) groups excluding carboxylic acids is 1. The van der Waals surface area contributed by atoms with Gasteiger partial charge in [-0.3, -0.25) is 4.79 Å². The van der Waals surface area contributed by atoms with Gasteiger partial charge in [0.15, 0.2) is 0 Å². The van der Waals surface area contributed by atoms with Crippen LogP contribution in [-0.2, 0) is 0 Å². The number of aryl methyl sites for hydroxylation is 1. The number of amides is 1. The van der Waals surface area contributed by atoms with Gasteiger partial charge < -0.3 is 5.32 Å². The molecule has 2 heterocycles. The smallest absolute Gasteiger partial charge is 0.269 e. The third-order valence-electron chi connectivity index (χ3n) is 2.88. The SMILES string of the molecule is Cc1ccc(NC(=O)c2snnc2-c2cccs2)cc1Cl. The minimum Gasteiger partial charge on any atom is -0.321 e. The number of carbonyl (C=O) groups is 1. The molecule has 0 saturated heterocycles. The van der Waals surface area contributed by atoms with Gasteiger partial charge in [-0.25, -0.2) is 0 Å². The molecule has 0 atom stereocenters. The number of anilines is 1. The van der Waals surface area contributed by atoms with Gasteiger partial charge in [0.05, 0.1) is 4.88 Å². The summed E-state index contributed by atoms with van der Waals surface area (Å²) in [6.45, 7) is 1.91. The number of nitrogens with one attached hydrogen (secondary N) is 1. The first-order chi connectivity index (χ1) is 10.1. The molecule has 0 bridgehead atoms. The van der Waals surface area contributed by atoms with Gasteiger partial charge in [0.25, 0.3) is 5.91 Å². The van der Waals surface area contributed by atoms with E-state index < -0.39 is 0 Å². The number of rotatable bonds is 3. The van der Waals surface area contributed by atoms with Gasteiger partial charge >= 0.3 is 0 Å². The third kappa shape index (κ3) is 2.97. The molecule has 0 fully saturated rings. The van der Waals surface area contributed by atoms with Gasteiger partial charge in [-0.1, -0.05) is 28.2 Å². The van der Waals surface area contributed by atoms with E-state index in [0.717, 1.165) is 22.0 Å². The Hall–Kier alpha value is -1.76. The number of benzene rings is 1. The molecule has 0 radical (unpaired) electrons. The minimum absolute atomic E-state index is 0.228. The Balaban J connectivity index is 1.86. The molecule has 2 aromatic heterocycles. The Morgan fingerprint density at radius 2 is 2.19 bits per heavy atom. The van der Waals surface area contributed by atoms with Crippen LogP contribution >= 0.6 is 34.5 Å². The number of halogens is 1. The summed E-state index contributed by atoms with van der Waals surface area (Å²) in [5.41, 5.74) is 2.24. The maximum atomic E-state index is 12.4. The second-order valence-corrected chi connectivity index (χ2v) is 6.46. The molecule has 0 aliphatic carbocycles. The first-order valence-electron chi connectivity index (χ1n) is 6.09. The summed E-state index contributed by atoms with van der Waals surface area (Å²) in [6.07, 6.45) is 0. The van der Waals surface area contributed by atoms with Crippen molar-refractivity contribution < 1.29 is 4.79 Å². The van der Waals surface area contributed by atoms with Gasteiger partial charge in [-0.05, 0) is 47.6 Å². The van der Waals surface area contributed by atoms with Crippen LogP contribution in [-0.4, -0.2) is 15.5 Å². The predicted molar refractivity (Wildman–Crippen MR) is 87.4 cm³/mol. The van der Waals surface area contributed by atoms with E-state index in [9.17, 15) is 4.79 Å². The first kappa shape index (κ1) is 14.2. The summed E-state index contributed by atoms with van der Waals surface area (Å²) in [5, 5.41) is 9.43. The zero-order valence-electron chi connectivity index (χ0n) is 11.0. The number of nitrogens with zero attached hydrogens (tertiary/aromatic N) is 2. The van der Waals surface area contributed by atoms with Crippen molar-refractivity contribution in [3.05, 3.63) is 51.2 Å². The summed E-state index contributed by atoms with van der Waals surface area (Å²) in [6, 6.07) is 9.25. The fourth-order valence-corrected chi connectivity index (χ4v) is 3.31. The van der Waals surface area contributed by atoms with E-state index in [1.807, 2.05) is 36.6 Å². The molecule has 0 aliphatic rings. The van der Waals surface area contributed by atoms with Crippen LogP contribution in [0.15, 0.2) is 35.7 Å². The maximum Gasteiger partial charge on any atom is 0.269 e.